The Balaban J connectivity index is 0.00000225. The van der Waals surface area contributed by atoms with E-state index >= 15 is 0 Å². The number of carbonyl (C=O) groups is 1. The van der Waals surface area contributed by atoms with Crippen molar-refractivity contribution < 1.29 is 13.2 Å². The van der Waals surface area contributed by atoms with Crippen LogP contribution in [0.3, 0.4) is 0 Å². The first-order valence-corrected chi connectivity index (χ1v) is 11.3. The third-order valence-electron chi connectivity index (χ3n) is 6.22. The van der Waals surface area contributed by atoms with Crippen molar-refractivity contribution in [2.75, 3.05) is 44.7 Å². The Labute approximate surface area is 157 Å². The first-order chi connectivity index (χ1) is 11.3. The van der Waals surface area contributed by atoms with Gasteiger partial charge >= 0.3 is 0 Å². The van der Waals surface area contributed by atoms with E-state index in [1.54, 1.807) is 0 Å². The number of amides is 1. The molecular formula is C17H32ClN3O3S. The second kappa shape index (κ2) is 8.55. The fraction of sp³-hybridized carbons (Fsp3) is 0.941. The summed E-state index contributed by atoms with van der Waals surface area (Å²) in [6, 6.07) is 0.302. The van der Waals surface area contributed by atoms with Gasteiger partial charge in [0, 0.05) is 50.9 Å². The molecule has 0 aromatic heterocycles. The number of fused-ring (bicyclic) bond motifs is 2. The molecule has 146 valence electrons. The van der Waals surface area contributed by atoms with Gasteiger partial charge in [0.15, 0.2) is 0 Å². The molecule has 2 atom stereocenters. The molecule has 1 amide bonds. The van der Waals surface area contributed by atoms with E-state index in [2.05, 4.69) is 4.90 Å². The van der Waals surface area contributed by atoms with Crippen LogP contribution < -0.4 is 5.73 Å². The Morgan fingerprint density at radius 2 is 1.64 bits per heavy atom. The largest absolute Gasteiger partial charge is 0.340 e. The van der Waals surface area contributed by atoms with Gasteiger partial charge in [0.25, 0.3) is 0 Å². The van der Waals surface area contributed by atoms with Crippen LogP contribution >= 0.6 is 12.4 Å². The van der Waals surface area contributed by atoms with Crippen LogP contribution in [0.15, 0.2) is 0 Å². The van der Waals surface area contributed by atoms with Crippen LogP contribution in [0.4, 0.5) is 0 Å². The predicted molar refractivity (Wildman–Crippen MR) is 102 cm³/mol. The molecule has 0 spiro atoms. The number of hydrogen-bond donors (Lipinski definition) is 1. The molecule has 1 aliphatic heterocycles. The summed E-state index contributed by atoms with van der Waals surface area (Å²) in [6.45, 7) is 3.57. The van der Waals surface area contributed by atoms with Gasteiger partial charge in [0.1, 0.15) is 9.84 Å². The number of rotatable bonds is 4. The van der Waals surface area contributed by atoms with Gasteiger partial charge in [-0.05, 0) is 37.5 Å². The number of piperazine rings is 1. The van der Waals surface area contributed by atoms with Crippen molar-refractivity contribution in [1.29, 1.82) is 0 Å². The number of halogens is 1. The number of carbonyl (C=O) groups excluding carboxylic acids is 1. The molecule has 0 radical (unpaired) electrons. The summed E-state index contributed by atoms with van der Waals surface area (Å²) in [5, 5.41) is 0. The van der Waals surface area contributed by atoms with Crippen LogP contribution in [0, 0.1) is 17.8 Å². The summed E-state index contributed by atoms with van der Waals surface area (Å²) in [4.78, 5) is 17.0. The summed E-state index contributed by atoms with van der Waals surface area (Å²) < 4.78 is 22.5. The lowest BCUT2D eigenvalue weighted by Gasteiger charge is -2.45. The molecular weight excluding hydrogens is 362 g/mol. The maximum Gasteiger partial charge on any atom is 0.225 e. The highest BCUT2D eigenvalue weighted by Gasteiger charge is 2.41. The second-order valence-corrected chi connectivity index (χ2v) is 10.3. The van der Waals surface area contributed by atoms with Crippen LogP contribution in [0.25, 0.3) is 0 Å². The molecule has 2 unspecified atom stereocenters. The lowest BCUT2D eigenvalue weighted by molar-refractivity contribution is -0.140. The van der Waals surface area contributed by atoms with Crippen molar-refractivity contribution in [2.24, 2.45) is 23.5 Å². The average Bonchev–Trinajstić information content (AvgIpc) is 2.52. The zero-order valence-corrected chi connectivity index (χ0v) is 16.7. The molecule has 1 heterocycles. The zero-order valence-electron chi connectivity index (χ0n) is 15.1. The predicted octanol–water partition coefficient (Wildman–Crippen LogP) is 0.751. The highest BCUT2D eigenvalue weighted by atomic mass is 35.5. The quantitative estimate of drug-likeness (QED) is 0.761. The van der Waals surface area contributed by atoms with Crippen molar-refractivity contribution in [1.82, 2.24) is 9.80 Å². The van der Waals surface area contributed by atoms with Gasteiger partial charge in [-0.25, -0.2) is 8.42 Å². The Morgan fingerprint density at radius 1 is 1.08 bits per heavy atom. The van der Waals surface area contributed by atoms with Crippen molar-refractivity contribution in [2.45, 2.75) is 38.1 Å². The van der Waals surface area contributed by atoms with Gasteiger partial charge in [-0.1, -0.05) is 6.42 Å². The Morgan fingerprint density at radius 3 is 2.16 bits per heavy atom. The van der Waals surface area contributed by atoms with Crippen LogP contribution in [-0.4, -0.2) is 74.9 Å². The standard InChI is InChI=1S/C17H31N3O3S.ClH/c1-24(22,23)10-9-19-5-7-20(8-6-19)17(21)15-11-13-3-2-4-14(12-15)16(13)18;/h13-16H,2-12,18H2,1H3;1H. The maximum atomic E-state index is 12.9. The van der Waals surface area contributed by atoms with Gasteiger partial charge in [-0.2, -0.15) is 0 Å². The normalized spacial score (nSPS) is 33.6. The fourth-order valence-electron chi connectivity index (χ4n) is 4.74. The molecule has 6 nitrogen and oxygen atoms in total. The van der Waals surface area contributed by atoms with E-state index in [-0.39, 0.29) is 24.1 Å². The summed E-state index contributed by atoms with van der Waals surface area (Å²) >= 11 is 0. The Bertz CT molecular complexity index is 549. The van der Waals surface area contributed by atoms with E-state index in [1.807, 2.05) is 4.90 Å². The highest BCUT2D eigenvalue weighted by molar-refractivity contribution is 7.90. The SMILES string of the molecule is CS(=O)(=O)CCN1CCN(C(=O)C2CC3CCCC(C2)C3N)CC1.Cl. The minimum atomic E-state index is -2.92. The number of nitrogens with zero attached hydrogens (tertiary/aromatic N) is 2. The Hall–Kier alpha value is -0.370. The number of hydrogen-bond acceptors (Lipinski definition) is 5. The van der Waals surface area contributed by atoms with E-state index < -0.39 is 9.84 Å². The summed E-state index contributed by atoms with van der Waals surface area (Å²) in [6.07, 6.45) is 6.83. The van der Waals surface area contributed by atoms with Crippen LogP contribution in [0.1, 0.15) is 32.1 Å². The van der Waals surface area contributed by atoms with Crippen LogP contribution in [0.2, 0.25) is 0 Å². The van der Waals surface area contributed by atoms with Crippen molar-refractivity contribution in [3.05, 3.63) is 0 Å². The molecule has 2 aliphatic carbocycles. The van der Waals surface area contributed by atoms with E-state index in [9.17, 15) is 13.2 Å². The summed E-state index contributed by atoms with van der Waals surface area (Å²) in [7, 11) is -2.92. The van der Waals surface area contributed by atoms with Gasteiger partial charge in [-0.15, -0.1) is 12.4 Å². The zero-order chi connectivity index (χ0) is 17.3. The summed E-state index contributed by atoms with van der Waals surface area (Å²) in [5.74, 6) is 1.72. The first kappa shape index (κ1) is 20.9. The Kier molecular flexibility index (Phi) is 7.16. The molecule has 0 aromatic rings. The lowest BCUT2D eigenvalue weighted by Crippen LogP contribution is -2.54. The van der Waals surface area contributed by atoms with E-state index in [1.165, 1.54) is 25.5 Å². The highest BCUT2D eigenvalue weighted by Crippen LogP contribution is 2.42. The molecule has 3 aliphatic rings. The van der Waals surface area contributed by atoms with Gasteiger partial charge in [0.2, 0.25) is 5.91 Å². The molecule has 3 rings (SSSR count). The smallest absolute Gasteiger partial charge is 0.225 e. The first-order valence-electron chi connectivity index (χ1n) is 9.28. The molecule has 25 heavy (non-hydrogen) atoms. The van der Waals surface area contributed by atoms with Crippen molar-refractivity contribution in [3.8, 4) is 0 Å². The molecule has 8 heteroatoms. The van der Waals surface area contributed by atoms with E-state index in [0.717, 1.165) is 39.0 Å². The van der Waals surface area contributed by atoms with Crippen molar-refractivity contribution in [3.63, 3.8) is 0 Å². The minimum absolute atomic E-state index is 0. The molecule has 0 aromatic carbocycles. The van der Waals surface area contributed by atoms with Crippen molar-refractivity contribution >= 4 is 28.2 Å². The van der Waals surface area contributed by atoms with Gasteiger partial charge in [0.05, 0.1) is 5.75 Å². The van der Waals surface area contributed by atoms with Gasteiger partial charge in [-0.3, -0.25) is 9.69 Å². The minimum Gasteiger partial charge on any atom is -0.340 e. The molecule has 3 fully saturated rings. The van der Waals surface area contributed by atoms with Crippen LogP contribution in [0.5, 0.6) is 0 Å². The molecule has 2 saturated carbocycles. The maximum absolute atomic E-state index is 12.9. The van der Waals surface area contributed by atoms with E-state index in [4.69, 9.17) is 5.73 Å². The molecule has 2 N–H and O–H groups in total. The molecule has 1 saturated heterocycles. The third-order valence-corrected chi connectivity index (χ3v) is 7.15. The lowest BCUT2D eigenvalue weighted by atomic mass is 9.65. The van der Waals surface area contributed by atoms with Gasteiger partial charge < -0.3 is 10.6 Å². The molecule has 2 bridgehead atoms. The fourth-order valence-corrected chi connectivity index (χ4v) is 5.33. The van der Waals surface area contributed by atoms with E-state index in [0.29, 0.717) is 30.3 Å². The monoisotopic (exact) mass is 393 g/mol. The number of nitrogens with two attached hydrogens (primary N) is 1. The number of sulfone groups is 1. The summed E-state index contributed by atoms with van der Waals surface area (Å²) in [5.41, 5.74) is 6.33. The second-order valence-electron chi connectivity index (χ2n) is 7.99. The average molecular weight is 394 g/mol. The third kappa shape index (κ3) is 5.31. The van der Waals surface area contributed by atoms with Crippen LogP contribution in [-0.2, 0) is 14.6 Å². The topological polar surface area (TPSA) is 83.7 Å².